The third-order valence-corrected chi connectivity index (χ3v) is 2.56. The van der Waals surface area contributed by atoms with Crippen LogP contribution in [0.2, 0.25) is 0 Å². The zero-order valence-electron chi connectivity index (χ0n) is 10.7. The van der Waals surface area contributed by atoms with Gasteiger partial charge in [-0.2, -0.15) is 0 Å². The van der Waals surface area contributed by atoms with E-state index in [9.17, 15) is 14.9 Å². The van der Waals surface area contributed by atoms with Gasteiger partial charge in [0, 0.05) is 23.7 Å². The highest BCUT2D eigenvalue weighted by Gasteiger charge is 2.14. The van der Waals surface area contributed by atoms with Crippen LogP contribution in [0, 0.1) is 10.1 Å². The van der Waals surface area contributed by atoms with Gasteiger partial charge in [0.25, 0.3) is 5.69 Å². The monoisotopic (exact) mass is 250 g/mol. The Balaban J connectivity index is 2.92. The van der Waals surface area contributed by atoms with Crippen LogP contribution in [0.5, 0.6) is 0 Å². The summed E-state index contributed by atoms with van der Waals surface area (Å²) in [6.45, 7) is 3.88. The summed E-state index contributed by atoms with van der Waals surface area (Å²) in [7, 11) is 0. The van der Waals surface area contributed by atoms with Crippen molar-refractivity contribution in [2.75, 3.05) is 5.32 Å². The minimum Gasteiger partial charge on any atom is -0.326 e. The first kappa shape index (κ1) is 14.2. The van der Waals surface area contributed by atoms with Crippen LogP contribution in [0.15, 0.2) is 18.2 Å². The molecule has 1 amide bonds. The number of aryl methyl sites for hydroxylation is 1. The van der Waals surface area contributed by atoms with E-state index in [1.54, 1.807) is 12.1 Å². The number of hydrogen-bond donors (Lipinski definition) is 1. The number of nitrogens with one attached hydrogen (secondary N) is 1. The predicted molar refractivity (Wildman–Crippen MR) is 70.6 cm³/mol. The van der Waals surface area contributed by atoms with E-state index in [1.807, 2.05) is 13.8 Å². The van der Waals surface area contributed by atoms with E-state index in [-0.39, 0.29) is 11.6 Å². The van der Waals surface area contributed by atoms with Crippen molar-refractivity contribution < 1.29 is 9.72 Å². The van der Waals surface area contributed by atoms with E-state index in [1.165, 1.54) is 6.07 Å². The lowest BCUT2D eigenvalue weighted by molar-refractivity contribution is -0.385. The molecule has 0 saturated carbocycles. The highest BCUT2D eigenvalue weighted by molar-refractivity contribution is 5.91. The maximum Gasteiger partial charge on any atom is 0.274 e. The van der Waals surface area contributed by atoms with Gasteiger partial charge in [0.05, 0.1) is 4.92 Å². The van der Waals surface area contributed by atoms with E-state index in [2.05, 4.69) is 5.32 Å². The minimum atomic E-state index is -0.402. The van der Waals surface area contributed by atoms with Crippen molar-refractivity contribution in [3.05, 3.63) is 33.9 Å². The summed E-state index contributed by atoms with van der Waals surface area (Å²) < 4.78 is 0. The Morgan fingerprint density at radius 1 is 1.33 bits per heavy atom. The molecule has 0 saturated heterocycles. The Labute approximate surface area is 106 Å². The highest BCUT2D eigenvalue weighted by atomic mass is 16.6. The summed E-state index contributed by atoms with van der Waals surface area (Å²) in [5.74, 6) is -0.116. The molecule has 5 heteroatoms. The van der Waals surface area contributed by atoms with Crippen LogP contribution in [-0.2, 0) is 11.2 Å². The molecule has 0 unspecified atom stereocenters. The van der Waals surface area contributed by atoms with Gasteiger partial charge < -0.3 is 5.32 Å². The van der Waals surface area contributed by atoms with Crippen molar-refractivity contribution in [2.24, 2.45) is 0 Å². The van der Waals surface area contributed by atoms with Crippen LogP contribution in [0.3, 0.4) is 0 Å². The fourth-order valence-corrected chi connectivity index (χ4v) is 1.74. The van der Waals surface area contributed by atoms with Gasteiger partial charge in [-0.25, -0.2) is 0 Å². The van der Waals surface area contributed by atoms with Crippen LogP contribution < -0.4 is 5.32 Å². The number of nitro groups is 1. The Morgan fingerprint density at radius 2 is 2.06 bits per heavy atom. The van der Waals surface area contributed by atoms with E-state index < -0.39 is 4.92 Å². The second kappa shape index (κ2) is 6.74. The summed E-state index contributed by atoms with van der Waals surface area (Å²) in [5, 5.41) is 13.6. The van der Waals surface area contributed by atoms with Gasteiger partial charge in [-0.1, -0.05) is 26.3 Å². The number of carbonyl (C=O) groups excluding carboxylic acids is 1. The van der Waals surface area contributed by atoms with Gasteiger partial charge in [-0.05, 0) is 18.9 Å². The fourth-order valence-electron chi connectivity index (χ4n) is 1.74. The van der Waals surface area contributed by atoms with Crippen LogP contribution in [0.25, 0.3) is 0 Å². The average molecular weight is 250 g/mol. The van der Waals surface area contributed by atoms with Crippen LogP contribution in [-0.4, -0.2) is 10.8 Å². The summed E-state index contributed by atoms with van der Waals surface area (Å²) in [4.78, 5) is 22.0. The number of nitrogens with zero attached hydrogens (tertiary/aromatic N) is 1. The molecular formula is C13H18N2O3. The molecule has 0 aromatic heterocycles. The number of hydrogen-bond acceptors (Lipinski definition) is 3. The standard InChI is InChI=1S/C13H18N2O3/c1-3-5-10-7-8-11(9-12(10)15(17)18)14-13(16)6-4-2/h7-9H,3-6H2,1-2H3,(H,14,16). The second-order valence-electron chi connectivity index (χ2n) is 4.15. The zero-order chi connectivity index (χ0) is 13.5. The van der Waals surface area contributed by atoms with Crippen LogP contribution in [0.4, 0.5) is 11.4 Å². The smallest absolute Gasteiger partial charge is 0.274 e. The molecular weight excluding hydrogens is 232 g/mol. The first-order valence-corrected chi connectivity index (χ1v) is 6.15. The van der Waals surface area contributed by atoms with Gasteiger partial charge >= 0.3 is 0 Å². The summed E-state index contributed by atoms with van der Waals surface area (Å²) in [6, 6.07) is 4.85. The summed E-state index contributed by atoms with van der Waals surface area (Å²) in [6.07, 6.45) is 2.69. The third kappa shape index (κ3) is 3.84. The first-order chi connectivity index (χ1) is 8.58. The molecule has 0 fully saturated rings. The molecule has 0 aliphatic heterocycles. The normalized spacial score (nSPS) is 10.1. The Hall–Kier alpha value is -1.91. The minimum absolute atomic E-state index is 0.0751. The lowest BCUT2D eigenvalue weighted by atomic mass is 10.1. The molecule has 0 aliphatic rings. The van der Waals surface area contributed by atoms with E-state index in [0.29, 0.717) is 24.1 Å². The Bertz CT molecular complexity index is 444. The fraction of sp³-hybridized carbons (Fsp3) is 0.462. The van der Waals surface area contributed by atoms with Gasteiger partial charge in [0.2, 0.25) is 5.91 Å². The average Bonchev–Trinajstić information content (AvgIpc) is 2.31. The molecule has 1 N–H and O–H groups in total. The highest BCUT2D eigenvalue weighted by Crippen LogP contribution is 2.24. The molecule has 0 spiro atoms. The van der Waals surface area contributed by atoms with Gasteiger partial charge in [-0.3, -0.25) is 14.9 Å². The molecule has 5 nitrogen and oxygen atoms in total. The molecule has 0 radical (unpaired) electrons. The molecule has 1 aromatic carbocycles. The Morgan fingerprint density at radius 3 is 2.61 bits per heavy atom. The van der Waals surface area contributed by atoms with Gasteiger partial charge in [0.15, 0.2) is 0 Å². The number of rotatable bonds is 6. The van der Waals surface area contributed by atoms with E-state index >= 15 is 0 Å². The topological polar surface area (TPSA) is 72.2 Å². The van der Waals surface area contributed by atoms with Crippen LogP contribution >= 0.6 is 0 Å². The molecule has 0 atom stereocenters. The van der Waals surface area contributed by atoms with Crippen molar-refractivity contribution >= 4 is 17.3 Å². The molecule has 0 aliphatic carbocycles. The van der Waals surface area contributed by atoms with E-state index in [4.69, 9.17) is 0 Å². The lowest BCUT2D eigenvalue weighted by Gasteiger charge is -2.06. The molecule has 0 heterocycles. The zero-order valence-corrected chi connectivity index (χ0v) is 10.7. The molecule has 1 aromatic rings. The summed E-state index contributed by atoms with van der Waals surface area (Å²) >= 11 is 0. The number of anilines is 1. The van der Waals surface area contributed by atoms with Crippen molar-refractivity contribution in [1.29, 1.82) is 0 Å². The number of amides is 1. The predicted octanol–water partition coefficient (Wildman–Crippen LogP) is 3.29. The largest absolute Gasteiger partial charge is 0.326 e. The quantitative estimate of drug-likeness (QED) is 0.622. The van der Waals surface area contributed by atoms with Crippen LogP contribution in [0.1, 0.15) is 38.7 Å². The first-order valence-electron chi connectivity index (χ1n) is 6.15. The summed E-state index contributed by atoms with van der Waals surface area (Å²) in [5.41, 5.74) is 1.27. The molecule has 98 valence electrons. The van der Waals surface area contributed by atoms with Crippen molar-refractivity contribution in [3.63, 3.8) is 0 Å². The molecule has 0 bridgehead atoms. The lowest BCUT2D eigenvalue weighted by Crippen LogP contribution is -2.11. The second-order valence-corrected chi connectivity index (χ2v) is 4.15. The molecule has 18 heavy (non-hydrogen) atoms. The number of nitro benzene ring substituents is 1. The third-order valence-electron chi connectivity index (χ3n) is 2.56. The SMILES string of the molecule is CCCC(=O)Nc1ccc(CCC)c([N+](=O)[O-])c1. The van der Waals surface area contributed by atoms with Crippen molar-refractivity contribution in [2.45, 2.75) is 39.5 Å². The Kier molecular flexibility index (Phi) is 5.30. The number of carbonyl (C=O) groups is 1. The number of benzene rings is 1. The van der Waals surface area contributed by atoms with E-state index in [0.717, 1.165) is 12.8 Å². The molecule has 1 rings (SSSR count). The van der Waals surface area contributed by atoms with Gasteiger partial charge in [-0.15, -0.1) is 0 Å². The van der Waals surface area contributed by atoms with Crippen molar-refractivity contribution in [1.82, 2.24) is 0 Å². The van der Waals surface area contributed by atoms with Gasteiger partial charge in [0.1, 0.15) is 0 Å². The van der Waals surface area contributed by atoms with Crippen molar-refractivity contribution in [3.8, 4) is 0 Å². The maximum atomic E-state index is 11.4. The maximum absolute atomic E-state index is 11.4.